The van der Waals surface area contributed by atoms with E-state index in [0.29, 0.717) is 5.71 Å². The Hall–Kier alpha value is -3.36. The molecule has 0 aliphatic rings. The highest BCUT2D eigenvalue weighted by atomic mass is 35.5. The summed E-state index contributed by atoms with van der Waals surface area (Å²) in [7, 11) is 2.23. The second kappa shape index (κ2) is 10.1. The maximum atomic E-state index is 14.7. The Morgan fingerprint density at radius 3 is 2.57 bits per heavy atom. The molecular formula is C20H15ClF4N4O5S. The summed E-state index contributed by atoms with van der Waals surface area (Å²) in [6.45, 7) is 1.71. The maximum absolute atomic E-state index is 14.7. The van der Waals surface area contributed by atoms with Crippen molar-refractivity contribution in [2.45, 2.75) is 13.1 Å². The Kier molecular flexibility index (Phi) is 7.57. The molecule has 15 heteroatoms. The highest BCUT2D eigenvalue weighted by Crippen LogP contribution is 2.34. The summed E-state index contributed by atoms with van der Waals surface area (Å²) in [6.07, 6.45) is -3.83. The molecule has 0 aliphatic carbocycles. The molecule has 35 heavy (non-hydrogen) atoms. The number of carbonyl (C=O) groups excluding carboxylic acids is 1. The first kappa shape index (κ1) is 26.2. The van der Waals surface area contributed by atoms with Crippen LogP contribution >= 0.6 is 22.9 Å². The number of methoxy groups -OCH3 is 1. The number of carbonyl (C=O) groups is 1. The average molecular weight is 535 g/mol. The van der Waals surface area contributed by atoms with Crippen molar-refractivity contribution in [1.29, 1.82) is 0 Å². The summed E-state index contributed by atoms with van der Waals surface area (Å²) in [6, 6.07) is 1.93. The Morgan fingerprint density at radius 2 is 1.94 bits per heavy atom. The standard InChI is InChI=1S/C20H15ClF4N4O5S/c1-9(8-33-3)27-34-18(31)14-7-26-17(35-14)10-4-13(12(22)5-11(10)21)29-16(30)6-15(20(23,24)25)28(2)19(29)32/h4-7H,8H2,1-3H3/b27-9-. The minimum absolute atomic E-state index is 0.00137. The first-order chi connectivity index (χ1) is 16.3. The van der Waals surface area contributed by atoms with E-state index in [1.165, 1.54) is 7.11 Å². The maximum Gasteiger partial charge on any atom is 0.431 e. The minimum atomic E-state index is -4.98. The molecule has 0 saturated carbocycles. The third-order valence-electron chi connectivity index (χ3n) is 4.46. The summed E-state index contributed by atoms with van der Waals surface area (Å²) in [5, 5.41) is 3.49. The Balaban J connectivity index is 2.06. The summed E-state index contributed by atoms with van der Waals surface area (Å²) in [5.74, 6) is -1.99. The van der Waals surface area contributed by atoms with E-state index in [-0.39, 0.29) is 42.3 Å². The van der Waals surface area contributed by atoms with Crippen LogP contribution in [0.3, 0.4) is 0 Å². The van der Waals surface area contributed by atoms with Crippen LogP contribution in [-0.2, 0) is 22.8 Å². The van der Waals surface area contributed by atoms with Crippen LogP contribution in [0.5, 0.6) is 0 Å². The number of rotatable bonds is 6. The second-order valence-corrected chi connectivity index (χ2v) is 8.43. The van der Waals surface area contributed by atoms with E-state index in [1.807, 2.05) is 0 Å². The highest BCUT2D eigenvalue weighted by Gasteiger charge is 2.35. The van der Waals surface area contributed by atoms with E-state index in [9.17, 15) is 31.9 Å². The van der Waals surface area contributed by atoms with Crippen molar-refractivity contribution in [3.05, 3.63) is 66.6 Å². The van der Waals surface area contributed by atoms with Gasteiger partial charge in [-0.05, 0) is 19.1 Å². The third-order valence-corrected chi connectivity index (χ3v) is 5.79. The molecule has 0 fully saturated rings. The largest absolute Gasteiger partial charge is 0.431 e. The van der Waals surface area contributed by atoms with Gasteiger partial charge in [0.05, 0.1) is 29.2 Å². The van der Waals surface area contributed by atoms with Crippen LogP contribution in [0.4, 0.5) is 17.6 Å². The molecule has 1 aromatic carbocycles. The molecule has 0 amide bonds. The van der Waals surface area contributed by atoms with Crippen LogP contribution in [0.2, 0.25) is 5.02 Å². The number of hydrogen-bond acceptors (Lipinski definition) is 8. The van der Waals surface area contributed by atoms with Crippen molar-refractivity contribution in [3.8, 4) is 16.3 Å². The first-order valence-corrected chi connectivity index (χ1v) is 10.6. The number of oxime groups is 1. The predicted octanol–water partition coefficient (Wildman–Crippen LogP) is 3.65. The molecule has 0 N–H and O–H groups in total. The fourth-order valence-corrected chi connectivity index (χ4v) is 4.00. The van der Waals surface area contributed by atoms with E-state index < -0.39 is 40.6 Å². The van der Waals surface area contributed by atoms with Crippen LogP contribution in [0.1, 0.15) is 22.3 Å². The van der Waals surface area contributed by atoms with Crippen LogP contribution in [0, 0.1) is 5.82 Å². The predicted molar refractivity (Wildman–Crippen MR) is 119 cm³/mol. The lowest BCUT2D eigenvalue weighted by Gasteiger charge is -2.15. The fraction of sp³-hybridized carbons (Fsp3) is 0.250. The number of nitrogens with zero attached hydrogens (tertiary/aromatic N) is 4. The van der Waals surface area contributed by atoms with Gasteiger partial charge in [-0.15, -0.1) is 11.3 Å². The summed E-state index contributed by atoms with van der Waals surface area (Å²) in [4.78, 5) is 45.9. The average Bonchev–Trinajstić information content (AvgIpc) is 3.25. The van der Waals surface area contributed by atoms with E-state index >= 15 is 0 Å². The van der Waals surface area contributed by atoms with Gasteiger partial charge in [-0.1, -0.05) is 16.8 Å². The van der Waals surface area contributed by atoms with Crippen molar-refractivity contribution in [2.24, 2.45) is 12.2 Å². The number of hydrogen-bond donors (Lipinski definition) is 0. The molecule has 2 aromatic heterocycles. The summed E-state index contributed by atoms with van der Waals surface area (Å²) in [5.41, 5.74) is -4.57. The number of alkyl halides is 3. The molecule has 186 valence electrons. The SMILES string of the molecule is COC/C(C)=N\OC(=O)c1cnc(-c2cc(-n3c(=O)cc(C(F)(F)F)n(C)c3=O)c(F)cc2Cl)s1. The zero-order chi connectivity index (χ0) is 26.1. The molecule has 3 aromatic rings. The molecular weight excluding hydrogens is 520 g/mol. The zero-order valence-electron chi connectivity index (χ0n) is 18.1. The van der Waals surface area contributed by atoms with Gasteiger partial charge in [0.15, 0.2) is 0 Å². The third kappa shape index (κ3) is 5.49. The molecule has 0 aliphatic heterocycles. The lowest BCUT2D eigenvalue weighted by atomic mass is 10.2. The highest BCUT2D eigenvalue weighted by molar-refractivity contribution is 7.16. The van der Waals surface area contributed by atoms with Crippen LogP contribution in [0.15, 0.2) is 39.1 Å². The number of thiazole rings is 1. The molecule has 3 rings (SSSR count). The first-order valence-electron chi connectivity index (χ1n) is 9.44. The number of ether oxygens (including phenoxy) is 1. The van der Waals surface area contributed by atoms with E-state index in [0.717, 1.165) is 36.7 Å². The molecule has 0 unspecified atom stereocenters. The Labute approximate surface area is 202 Å². The molecule has 0 spiro atoms. The van der Waals surface area contributed by atoms with Gasteiger partial charge >= 0.3 is 17.8 Å². The van der Waals surface area contributed by atoms with Gasteiger partial charge in [-0.25, -0.2) is 23.5 Å². The van der Waals surface area contributed by atoms with Gasteiger partial charge < -0.3 is 9.57 Å². The van der Waals surface area contributed by atoms with Gasteiger partial charge in [-0.3, -0.25) is 9.36 Å². The quantitative estimate of drug-likeness (QED) is 0.207. The summed E-state index contributed by atoms with van der Waals surface area (Å²) >= 11 is 6.89. The minimum Gasteiger partial charge on any atom is -0.379 e. The normalized spacial score (nSPS) is 12.2. The monoisotopic (exact) mass is 534 g/mol. The van der Waals surface area contributed by atoms with Crippen LogP contribution in [0.25, 0.3) is 16.3 Å². The second-order valence-electron chi connectivity index (χ2n) is 6.99. The number of benzene rings is 1. The van der Waals surface area contributed by atoms with E-state index in [2.05, 4.69) is 10.1 Å². The molecule has 0 saturated heterocycles. The lowest BCUT2D eigenvalue weighted by molar-refractivity contribution is -0.144. The molecule has 0 radical (unpaired) electrons. The van der Waals surface area contributed by atoms with Crippen molar-refractivity contribution in [2.75, 3.05) is 13.7 Å². The van der Waals surface area contributed by atoms with Gasteiger partial charge in [0, 0.05) is 25.8 Å². The van der Waals surface area contributed by atoms with Gasteiger partial charge in [0.2, 0.25) is 0 Å². The Morgan fingerprint density at radius 1 is 1.26 bits per heavy atom. The number of halogens is 5. The van der Waals surface area contributed by atoms with Gasteiger partial charge in [0.1, 0.15) is 21.4 Å². The van der Waals surface area contributed by atoms with Gasteiger partial charge in [0.25, 0.3) is 5.56 Å². The Bertz CT molecular complexity index is 1440. The van der Waals surface area contributed by atoms with Crippen molar-refractivity contribution < 1.29 is 31.9 Å². The number of aromatic nitrogens is 3. The zero-order valence-corrected chi connectivity index (χ0v) is 19.7. The topological polar surface area (TPSA) is 105 Å². The van der Waals surface area contributed by atoms with E-state index in [4.69, 9.17) is 21.2 Å². The smallest absolute Gasteiger partial charge is 0.379 e. The van der Waals surface area contributed by atoms with E-state index in [1.54, 1.807) is 6.92 Å². The van der Waals surface area contributed by atoms with Crippen molar-refractivity contribution >= 4 is 34.6 Å². The molecule has 2 heterocycles. The van der Waals surface area contributed by atoms with Crippen molar-refractivity contribution in [1.82, 2.24) is 14.1 Å². The van der Waals surface area contributed by atoms with Gasteiger partial charge in [-0.2, -0.15) is 13.2 Å². The molecule has 0 bridgehead atoms. The van der Waals surface area contributed by atoms with Crippen molar-refractivity contribution in [3.63, 3.8) is 0 Å². The van der Waals surface area contributed by atoms with Crippen LogP contribution in [-0.4, -0.2) is 39.5 Å². The molecule has 0 atom stereocenters. The fourth-order valence-electron chi connectivity index (χ4n) is 2.88. The summed E-state index contributed by atoms with van der Waals surface area (Å²) < 4.78 is 59.3. The lowest BCUT2D eigenvalue weighted by Crippen LogP contribution is -2.41. The molecule has 9 nitrogen and oxygen atoms in total. The van der Waals surface area contributed by atoms with Crippen LogP contribution < -0.4 is 11.2 Å².